The second-order valence-electron chi connectivity index (χ2n) is 6.14. The Hall–Kier alpha value is -3.01. The molecular formula is C21H18Cl2N2O4. The number of amides is 1. The Balaban J connectivity index is 2.03. The summed E-state index contributed by atoms with van der Waals surface area (Å²) >= 11 is 11.9. The summed E-state index contributed by atoms with van der Waals surface area (Å²) in [5.41, 5.74) is 0.848. The van der Waals surface area contributed by atoms with E-state index in [-0.39, 0.29) is 23.3 Å². The molecule has 0 aliphatic heterocycles. The molecule has 0 bridgehead atoms. The standard InChI is InChI=1S/C21H18Cl2N2O4/c1-13(2)29-20(26)12-28-17-6-3-14(4-7-17)9-15(11-24)21(27)25-19-8-5-16(22)10-18(19)23/h3-10,13H,12H2,1-2H3,(H,25,27)/b15-9-. The Kier molecular flexibility index (Phi) is 8.08. The molecule has 29 heavy (non-hydrogen) atoms. The molecular weight excluding hydrogens is 415 g/mol. The third-order valence-corrected chi connectivity index (χ3v) is 4.01. The van der Waals surface area contributed by atoms with E-state index in [1.807, 2.05) is 6.07 Å². The molecule has 0 heterocycles. The first-order chi connectivity index (χ1) is 13.8. The first-order valence-electron chi connectivity index (χ1n) is 8.59. The third kappa shape index (κ3) is 7.15. The number of rotatable bonds is 7. The van der Waals surface area contributed by atoms with Gasteiger partial charge in [-0.05, 0) is 55.8 Å². The van der Waals surface area contributed by atoms with E-state index in [1.54, 1.807) is 50.2 Å². The van der Waals surface area contributed by atoms with Gasteiger partial charge in [-0.15, -0.1) is 0 Å². The van der Waals surface area contributed by atoms with Crippen LogP contribution in [0.15, 0.2) is 48.0 Å². The van der Waals surface area contributed by atoms with Crippen LogP contribution in [0.2, 0.25) is 10.0 Å². The van der Waals surface area contributed by atoms with Crippen molar-refractivity contribution in [3.8, 4) is 11.8 Å². The van der Waals surface area contributed by atoms with Crippen molar-refractivity contribution in [2.24, 2.45) is 0 Å². The summed E-state index contributed by atoms with van der Waals surface area (Å²) in [6.07, 6.45) is 1.22. The number of halogens is 2. The van der Waals surface area contributed by atoms with Crippen LogP contribution < -0.4 is 10.1 Å². The minimum absolute atomic E-state index is 0.106. The molecule has 1 amide bonds. The van der Waals surface area contributed by atoms with Gasteiger partial charge in [0.2, 0.25) is 0 Å². The molecule has 6 nitrogen and oxygen atoms in total. The first kappa shape index (κ1) is 22.3. The van der Waals surface area contributed by atoms with Crippen LogP contribution in [0.5, 0.6) is 5.75 Å². The van der Waals surface area contributed by atoms with Crippen LogP contribution >= 0.6 is 23.2 Å². The summed E-state index contributed by atoms with van der Waals surface area (Å²) in [6, 6.07) is 13.0. The number of nitrogens with zero attached hydrogens (tertiary/aromatic N) is 1. The molecule has 1 N–H and O–H groups in total. The van der Waals surface area contributed by atoms with Crippen LogP contribution in [0.25, 0.3) is 6.08 Å². The number of carbonyl (C=O) groups excluding carboxylic acids is 2. The van der Waals surface area contributed by atoms with Gasteiger partial charge in [-0.3, -0.25) is 4.79 Å². The normalized spacial score (nSPS) is 11.0. The molecule has 0 radical (unpaired) electrons. The lowest BCUT2D eigenvalue weighted by Gasteiger charge is -2.09. The number of benzene rings is 2. The van der Waals surface area contributed by atoms with Crippen molar-refractivity contribution < 1.29 is 19.1 Å². The maximum atomic E-state index is 12.3. The third-order valence-electron chi connectivity index (χ3n) is 3.46. The lowest BCUT2D eigenvalue weighted by molar-refractivity contribution is -0.149. The summed E-state index contributed by atoms with van der Waals surface area (Å²) in [5, 5.41) is 12.6. The largest absolute Gasteiger partial charge is 0.482 e. The second-order valence-corrected chi connectivity index (χ2v) is 6.99. The highest BCUT2D eigenvalue weighted by atomic mass is 35.5. The first-order valence-corrected chi connectivity index (χ1v) is 9.34. The molecule has 0 atom stereocenters. The summed E-state index contributed by atoms with van der Waals surface area (Å²) in [4.78, 5) is 23.8. The Labute approximate surface area is 178 Å². The molecule has 2 rings (SSSR count). The Morgan fingerprint density at radius 1 is 1.17 bits per heavy atom. The minimum atomic E-state index is -0.603. The van der Waals surface area contributed by atoms with Crippen molar-refractivity contribution in [3.05, 3.63) is 63.6 Å². The van der Waals surface area contributed by atoms with Crippen LogP contribution in [-0.2, 0) is 14.3 Å². The predicted molar refractivity (Wildman–Crippen MR) is 112 cm³/mol. The number of esters is 1. The van der Waals surface area contributed by atoms with Gasteiger partial charge in [-0.25, -0.2) is 4.79 Å². The Morgan fingerprint density at radius 2 is 1.86 bits per heavy atom. The van der Waals surface area contributed by atoms with Gasteiger partial charge in [0.25, 0.3) is 5.91 Å². The fourth-order valence-corrected chi connectivity index (χ4v) is 2.65. The zero-order valence-electron chi connectivity index (χ0n) is 15.7. The average Bonchev–Trinajstić information content (AvgIpc) is 2.67. The zero-order chi connectivity index (χ0) is 21.4. The van der Waals surface area contributed by atoms with E-state index in [4.69, 9.17) is 32.7 Å². The molecule has 0 fully saturated rings. The number of anilines is 1. The summed E-state index contributed by atoms with van der Waals surface area (Å²) in [7, 11) is 0. The van der Waals surface area contributed by atoms with Crippen LogP contribution in [0.1, 0.15) is 19.4 Å². The van der Waals surface area contributed by atoms with Crippen LogP contribution in [0, 0.1) is 11.3 Å². The molecule has 2 aromatic carbocycles. The number of carbonyl (C=O) groups is 2. The van der Waals surface area contributed by atoms with E-state index in [0.29, 0.717) is 22.0 Å². The average molecular weight is 433 g/mol. The molecule has 0 aliphatic carbocycles. The maximum absolute atomic E-state index is 12.3. The number of hydrogen-bond acceptors (Lipinski definition) is 5. The van der Waals surface area contributed by atoms with Gasteiger partial charge < -0.3 is 14.8 Å². The van der Waals surface area contributed by atoms with E-state index >= 15 is 0 Å². The SMILES string of the molecule is CC(C)OC(=O)COc1ccc(/C=C(/C#N)C(=O)Nc2ccc(Cl)cc2Cl)cc1. The van der Waals surface area contributed by atoms with E-state index in [0.717, 1.165) is 0 Å². The Morgan fingerprint density at radius 3 is 2.45 bits per heavy atom. The number of nitriles is 1. The molecule has 0 unspecified atom stereocenters. The van der Waals surface area contributed by atoms with Gasteiger partial charge in [-0.2, -0.15) is 5.26 Å². The number of hydrogen-bond donors (Lipinski definition) is 1. The minimum Gasteiger partial charge on any atom is -0.482 e. The smallest absolute Gasteiger partial charge is 0.344 e. The molecule has 0 saturated carbocycles. The fraction of sp³-hybridized carbons (Fsp3) is 0.190. The Bertz CT molecular complexity index is 964. The predicted octanol–water partition coefficient (Wildman–Crippen LogP) is 4.87. The molecule has 0 spiro atoms. The van der Waals surface area contributed by atoms with Gasteiger partial charge in [0, 0.05) is 5.02 Å². The quantitative estimate of drug-likeness (QED) is 0.382. The van der Waals surface area contributed by atoms with Crippen molar-refractivity contribution in [3.63, 3.8) is 0 Å². The monoisotopic (exact) mass is 432 g/mol. The number of ether oxygens (including phenoxy) is 2. The van der Waals surface area contributed by atoms with Gasteiger partial charge in [0.05, 0.1) is 16.8 Å². The lowest BCUT2D eigenvalue weighted by atomic mass is 10.1. The second kappa shape index (κ2) is 10.5. The van der Waals surface area contributed by atoms with Crippen molar-refractivity contribution in [2.75, 3.05) is 11.9 Å². The molecule has 2 aromatic rings. The van der Waals surface area contributed by atoms with Crippen molar-refractivity contribution in [1.29, 1.82) is 5.26 Å². The van der Waals surface area contributed by atoms with Gasteiger partial charge >= 0.3 is 5.97 Å². The van der Waals surface area contributed by atoms with E-state index in [9.17, 15) is 14.9 Å². The van der Waals surface area contributed by atoms with E-state index < -0.39 is 11.9 Å². The van der Waals surface area contributed by atoms with Crippen LogP contribution in [-0.4, -0.2) is 24.6 Å². The number of nitrogens with one attached hydrogen (secondary N) is 1. The molecule has 0 aliphatic rings. The fourth-order valence-electron chi connectivity index (χ4n) is 2.20. The molecule has 8 heteroatoms. The maximum Gasteiger partial charge on any atom is 0.344 e. The molecule has 150 valence electrons. The van der Waals surface area contributed by atoms with Crippen molar-refractivity contribution >= 4 is 46.8 Å². The summed E-state index contributed by atoms with van der Waals surface area (Å²) < 4.78 is 10.3. The highest BCUT2D eigenvalue weighted by Crippen LogP contribution is 2.26. The summed E-state index contributed by atoms with van der Waals surface area (Å²) in [6.45, 7) is 3.30. The lowest BCUT2D eigenvalue weighted by Crippen LogP contribution is -2.18. The van der Waals surface area contributed by atoms with Crippen molar-refractivity contribution in [2.45, 2.75) is 20.0 Å². The molecule has 0 aromatic heterocycles. The van der Waals surface area contributed by atoms with Gasteiger partial charge in [0.15, 0.2) is 6.61 Å². The van der Waals surface area contributed by atoms with E-state index in [1.165, 1.54) is 12.1 Å². The summed E-state index contributed by atoms with van der Waals surface area (Å²) in [5.74, 6) is -0.611. The van der Waals surface area contributed by atoms with Gasteiger partial charge in [-0.1, -0.05) is 35.3 Å². The highest BCUT2D eigenvalue weighted by Gasteiger charge is 2.12. The zero-order valence-corrected chi connectivity index (χ0v) is 17.3. The van der Waals surface area contributed by atoms with Crippen molar-refractivity contribution in [1.82, 2.24) is 0 Å². The topological polar surface area (TPSA) is 88.4 Å². The highest BCUT2D eigenvalue weighted by molar-refractivity contribution is 6.36. The van der Waals surface area contributed by atoms with Crippen LogP contribution in [0.3, 0.4) is 0 Å². The molecule has 0 saturated heterocycles. The van der Waals surface area contributed by atoms with Gasteiger partial charge in [0.1, 0.15) is 17.4 Å². The van der Waals surface area contributed by atoms with Crippen LogP contribution in [0.4, 0.5) is 5.69 Å². The van der Waals surface area contributed by atoms with E-state index in [2.05, 4.69) is 5.32 Å².